The average Bonchev–Trinajstić information content (AvgIpc) is 1.76. The first kappa shape index (κ1) is 6.40. The van der Waals surface area contributed by atoms with E-state index in [1.165, 1.54) is 0 Å². The molecule has 1 aliphatic rings. The Labute approximate surface area is 47.6 Å². The lowest BCUT2D eigenvalue weighted by Crippen LogP contribution is -3.00. The van der Waals surface area contributed by atoms with Gasteiger partial charge in [0.15, 0.2) is 6.73 Å². The molecule has 6 heavy (non-hydrogen) atoms. The molecule has 0 radical (unpaired) electrons. The Hall–Kier alpha value is 0.400. The van der Waals surface area contributed by atoms with Crippen molar-refractivity contribution in [1.82, 2.24) is 0 Å². The maximum absolute atomic E-state index is 4.89. The Morgan fingerprint density at radius 3 is 2.50 bits per heavy atom. The van der Waals surface area contributed by atoms with Crippen molar-refractivity contribution in [2.24, 2.45) is 0 Å². The van der Waals surface area contributed by atoms with Crippen LogP contribution in [0.5, 0.6) is 0 Å². The van der Waals surface area contributed by atoms with E-state index in [0.29, 0.717) is 0 Å². The van der Waals surface area contributed by atoms with E-state index in [1.54, 1.807) is 0 Å². The molecule has 0 bridgehead atoms. The molecule has 0 spiro atoms. The van der Waals surface area contributed by atoms with E-state index in [9.17, 15) is 0 Å². The molecule has 0 aromatic heterocycles. The van der Waals surface area contributed by atoms with Gasteiger partial charge in [-0.25, -0.2) is 0 Å². The summed E-state index contributed by atoms with van der Waals surface area (Å²) in [5.41, 5.74) is 0. The minimum Gasteiger partial charge on any atom is -1.00 e. The van der Waals surface area contributed by atoms with Gasteiger partial charge in [-0.15, -0.1) is 0 Å². The molecule has 0 atom stereocenters. The molecule has 38 valence electrons. The highest BCUT2D eigenvalue weighted by molar-refractivity contribution is 4.21. The maximum Gasteiger partial charge on any atom is 0.180 e. The topological polar surface area (TPSA) is 25.8 Å². The molecule has 1 aliphatic heterocycles. The number of nitrogens with two attached hydrogens (primary N) is 1. The van der Waals surface area contributed by atoms with E-state index in [-0.39, 0.29) is 17.0 Å². The van der Waals surface area contributed by atoms with Crippen LogP contribution in [-0.4, -0.2) is 19.9 Å². The zero-order valence-electron chi connectivity index (χ0n) is 3.48. The lowest BCUT2D eigenvalue weighted by molar-refractivity contribution is -0.650. The summed E-state index contributed by atoms with van der Waals surface area (Å²) < 4.78 is 4.89. The lowest BCUT2D eigenvalue weighted by atomic mass is 10.7. The molecule has 2 nitrogen and oxygen atoms in total. The SMILES string of the molecule is C1COC[NH2+]1.[Br-]. The monoisotopic (exact) mass is 153 g/mol. The Morgan fingerprint density at radius 2 is 2.33 bits per heavy atom. The minimum atomic E-state index is 0. The van der Waals surface area contributed by atoms with Crippen LogP contribution in [0.1, 0.15) is 0 Å². The second-order valence-corrected chi connectivity index (χ2v) is 1.15. The number of hydrogen-bond acceptors (Lipinski definition) is 1. The molecule has 2 N–H and O–H groups in total. The summed E-state index contributed by atoms with van der Waals surface area (Å²) in [7, 11) is 0. The van der Waals surface area contributed by atoms with Crippen molar-refractivity contribution in [2.75, 3.05) is 19.9 Å². The summed E-state index contributed by atoms with van der Waals surface area (Å²) >= 11 is 0. The van der Waals surface area contributed by atoms with Crippen molar-refractivity contribution >= 4 is 0 Å². The third kappa shape index (κ3) is 1.74. The van der Waals surface area contributed by atoms with Gasteiger partial charge in [-0.2, -0.15) is 0 Å². The first-order valence-electron chi connectivity index (χ1n) is 1.89. The van der Waals surface area contributed by atoms with Crippen LogP contribution < -0.4 is 22.3 Å². The Balaban J connectivity index is 0.000000250. The Morgan fingerprint density at radius 1 is 1.50 bits per heavy atom. The van der Waals surface area contributed by atoms with Gasteiger partial charge in [0, 0.05) is 0 Å². The number of rotatable bonds is 0. The number of hydrogen-bond donors (Lipinski definition) is 1. The molecule has 0 unspecified atom stereocenters. The van der Waals surface area contributed by atoms with Crippen LogP contribution in [0.3, 0.4) is 0 Å². The highest BCUT2D eigenvalue weighted by Crippen LogP contribution is 1.64. The molecular formula is C3H8BrNO. The van der Waals surface area contributed by atoms with Crippen LogP contribution in [0.25, 0.3) is 0 Å². The fourth-order valence-electron chi connectivity index (χ4n) is 0.417. The zero-order chi connectivity index (χ0) is 3.54. The van der Waals surface area contributed by atoms with Crippen LogP contribution in [0.15, 0.2) is 0 Å². The highest BCUT2D eigenvalue weighted by Gasteiger charge is 1.96. The lowest BCUT2D eigenvalue weighted by Gasteiger charge is -1.73. The predicted molar refractivity (Wildman–Crippen MR) is 17.6 cm³/mol. The maximum atomic E-state index is 4.89. The summed E-state index contributed by atoms with van der Waals surface area (Å²) in [4.78, 5) is 0. The molecule has 1 saturated heterocycles. The van der Waals surface area contributed by atoms with Gasteiger partial charge >= 0.3 is 0 Å². The average molecular weight is 154 g/mol. The molecule has 0 aromatic carbocycles. The van der Waals surface area contributed by atoms with Crippen molar-refractivity contribution in [3.05, 3.63) is 0 Å². The number of halogens is 1. The Kier molecular flexibility index (Phi) is 3.82. The fraction of sp³-hybridized carbons (Fsp3) is 1.00. The predicted octanol–water partition coefficient (Wildman–Crippen LogP) is -4.46. The number of quaternary nitrogens is 1. The fourth-order valence-corrected chi connectivity index (χ4v) is 0.417. The van der Waals surface area contributed by atoms with Crippen molar-refractivity contribution in [2.45, 2.75) is 0 Å². The van der Waals surface area contributed by atoms with Gasteiger partial charge in [-0.05, 0) is 0 Å². The van der Waals surface area contributed by atoms with Gasteiger partial charge in [0.2, 0.25) is 0 Å². The van der Waals surface area contributed by atoms with Gasteiger partial charge in [-0.3, -0.25) is 0 Å². The molecule has 1 fully saturated rings. The molecule has 3 heteroatoms. The second kappa shape index (κ2) is 3.59. The zero-order valence-corrected chi connectivity index (χ0v) is 5.07. The molecular weight excluding hydrogens is 146 g/mol. The quantitative estimate of drug-likeness (QED) is 0.374. The van der Waals surface area contributed by atoms with Gasteiger partial charge < -0.3 is 27.0 Å². The minimum absolute atomic E-state index is 0. The van der Waals surface area contributed by atoms with E-state index in [0.717, 1.165) is 19.9 Å². The standard InChI is InChI=1S/C3H7NO.BrH/c1-2-5-3-4-1;/h4H,1-3H2;1H. The summed E-state index contributed by atoms with van der Waals surface area (Å²) in [5, 5.41) is 2.14. The van der Waals surface area contributed by atoms with Crippen LogP contribution in [0, 0.1) is 0 Å². The summed E-state index contributed by atoms with van der Waals surface area (Å²) in [6.07, 6.45) is 0. The molecule has 0 aromatic rings. The van der Waals surface area contributed by atoms with E-state index in [4.69, 9.17) is 4.74 Å². The van der Waals surface area contributed by atoms with E-state index < -0.39 is 0 Å². The largest absolute Gasteiger partial charge is 1.00 e. The van der Waals surface area contributed by atoms with Gasteiger partial charge in [0.1, 0.15) is 13.2 Å². The smallest absolute Gasteiger partial charge is 0.180 e. The van der Waals surface area contributed by atoms with Crippen LogP contribution in [-0.2, 0) is 4.74 Å². The molecule has 1 heterocycles. The molecule has 0 aliphatic carbocycles. The first-order chi connectivity index (χ1) is 2.50. The summed E-state index contributed by atoms with van der Waals surface area (Å²) in [5.74, 6) is 0. The van der Waals surface area contributed by atoms with Gasteiger partial charge in [-0.1, -0.05) is 0 Å². The van der Waals surface area contributed by atoms with Crippen molar-refractivity contribution < 1.29 is 27.0 Å². The van der Waals surface area contributed by atoms with Crippen LogP contribution in [0.2, 0.25) is 0 Å². The number of ether oxygens (including phenoxy) is 1. The third-order valence-electron chi connectivity index (χ3n) is 0.702. The normalized spacial score (nSPS) is 20.0. The first-order valence-corrected chi connectivity index (χ1v) is 1.89. The molecule has 0 amide bonds. The summed E-state index contributed by atoms with van der Waals surface area (Å²) in [6.45, 7) is 2.97. The van der Waals surface area contributed by atoms with Crippen molar-refractivity contribution in [1.29, 1.82) is 0 Å². The van der Waals surface area contributed by atoms with E-state index in [1.807, 2.05) is 0 Å². The summed E-state index contributed by atoms with van der Waals surface area (Å²) in [6, 6.07) is 0. The molecule has 1 rings (SSSR count). The van der Waals surface area contributed by atoms with Crippen LogP contribution in [0.4, 0.5) is 0 Å². The van der Waals surface area contributed by atoms with Gasteiger partial charge in [0.05, 0.1) is 0 Å². The third-order valence-corrected chi connectivity index (χ3v) is 0.702. The Bertz CT molecular complexity index is 22.4. The van der Waals surface area contributed by atoms with Crippen molar-refractivity contribution in [3.63, 3.8) is 0 Å². The molecule has 0 saturated carbocycles. The van der Waals surface area contributed by atoms with Crippen molar-refractivity contribution in [3.8, 4) is 0 Å². The van der Waals surface area contributed by atoms with E-state index in [2.05, 4.69) is 5.32 Å². The highest BCUT2D eigenvalue weighted by atomic mass is 79.9. The van der Waals surface area contributed by atoms with Crippen LogP contribution >= 0.6 is 0 Å². The van der Waals surface area contributed by atoms with Gasteiger partial charge in [0.25, 0.3) is 0 Å². The second-order valence-electron chi connectivity index (χ2n) is 1.15. The van der Waals surface area contributed by atoms with E-state index >= 15 is 0 Å².